The Balaban J connectivity index is 2.35. The molecule has 2 aromatic rings. The largest absolute Gasteiger partial charge is 0.348 e. The van der Waals surface area contributed by atoms with Crippen LogP contribution in [0.2, 0.25) is 0 Å². The van der Waals surface area contributed by atoms with E-state index in [4.69, 9.17) is 0 Å². The predicted octanol–water partition coefficient (Wildman–Crippen LogP) is 2.40. The molecule has 0 spiro atoms. The van der Waals surface area contributed by atoms with Crippen LogP contribution < -0.4 is 5.32 Å². The van der Waals surface area contributed by atoms with Gasteiger partial charge in [-0.1, -0.05) is 18.6 Å². The monoisotopic (exact) mass is 231 g/mol. The van der Waals surface area contributed by atoms with E-state index in [0.717, 1.165) is 22.9 Å². The number of H-pyrrole nitrogens is 1. The fraction of sp³-hybridized carbons (Fsp3) is 0.385. The van der Waals surface area contributed by atoms with Crippen molar-refractivity contribution in [3.8, 4) is 0 Å². The maximum Gasteiger partial charge on any atom is 0.272 e. The van der Waals surface area contributed by atoms with Crippen LogP contribution in [-0.2, 0) is 0 Å². The van der Waals surface area contributed by atoms with Crippen LogP contribution in [0.5, 0.6) is 0 Å². The SMILES string of the molecule is CCC(C)NC(=O)c1n[nH]c2ccc(C)cc12. The Morgan fingerprint density at radius 3 is 3.00 bits per heavy atom. The molecule has 1 unspecified atom stereocenters. The zero-order chi connectivity index (χ0) is 12.4. The van der Waals surface area contributed by atoms with E-state index in [1.54, 1.807) is 0 Å². The number of carbonyl (C=O) groups excluding carboxylic acids is 1. The highest BCUT2D eigenvalue weighted by atomic mass is 16.2. The minimum Gasteiger partial charge on any atom is -0.348 e. The first-order chi connectivity index (χ1) is 8.11. The highest BCUT2D eigenvalue weighted by Gasteiger charge is 2.15. The van der Waals surface area contributed by atoms with E-state index in [1.807, 2.05) is 39.0 Å². The molecule has 4 nitrogen and oxygen atoms in total. The molecule has 90 valence electrons. The summed E-state index contributed by atoms with van der Waals surface area (Å²) >= 11 is 0. The van der Waals surface area contributed by atoms with Crippen molar-refractivity contribution in [3.05, 3.63) is 29.5 Å². The smallest absolute Gasteiger partial charge is 0.272 e. The summed E-state index contributed by atoms with van der Waals surface area (Å²) in [6.07, 6.45) is 0.910. The molecule has 1 aromatic carbocycles. The first kappa shape index (κ1) is 11.6. The summed E-state index contributed by atoms with van der Waals surface area (Å²) in [7, 11) is 0. The molecule has 1 atom stereocenters. The molecule has 0 bridgehead atoms. The number of fused-ring (bicyclic) bond motifs is 1. The summed E-state index contributed by atoms with van der Waals surface area (Å²) in [6, 6.07) is 6.08. The lowest BCUT2D eigenvalue weighted by Crippen LogP contribution is -2.32. The number of aromatic nitrogens is 2. The molecule has 1 amide bonds. The highest BCUT2D eigenvalue weighted by molar-refractivity contribution is 6.04. The van der Waals surface area contributed by atoms with Gasteiger partial charge < -0.3 is 5.32 Å². The average molecular weight is 231 g/mol. The van der Waals surface area contributed by atoms with E-state index in [2.05, 4.69) is 15.5 Å². The molecule has 4 heteroatoms. The summed E-state index contributed by atoms with van der Waals surface area (Å²) in [5, 5.41) is 10.8. The van der Waals surface area contributed by atoms with E-state index < -0.39 is 0 Å². The number of rotatable bonds is 3. The molecule has 17 heavy (non-hydrogen) atoms. The number of aryl methyl sites for hydroxylation is 1. The fourth-order valence-corrected chi connectivity index (χ4v) is 1.70. The second-order valence-corrected chi connectivity index (χ2v) is 4.40. The van der Waals surface area contributed by atoms with Crippen LogP contribution in [0, 0.1) is 6.92 Å². The Morgan fingerprint density at radius 2 is 2.29 bits per heavy atom. The van der Waals surface area contributed by atoms with Gasteiger partial charge in [-0.05, 0) is 32.4 Å². The zero-order valence-electron chi connectivity index (χ0n) is 10.4. The topological polar surface area (TPSA) is 57.8 Å². The van der Waals surface area contributed by atoms with Gasteiger partial charge in [0.25, 0.3) is 5.91 Å². The van der Waals surface area contributed by atoms with Gasteiger partial charge in [-0.3, -0.25) is 9.89 Å². The van der Waals surface area contributed by atoms with E-state index in [9.17, 15) is 4.79 Å². The first-order valence-electron chi connectivity index (χ1n) is 5.87. The van der Waals surface area contributed by atoms with Crippen LogP contribution in [0.4, 0.5) is 0 Å². The van der Waals surface area contributed by atoms with Crippen molar-refractivity contribution in [1.29, 1.82) is 0 Å². The number of nitrogens with zero attached hydrogens (tertiary/aromatic N) is 1. The molecule has 0 aliphatic heterocycles. The Morgan fingerprint density at radius 1 is 1.53 bits per heavy atom. The quantitative estimate of drug-likeness (QED) is 0.852. The lowest BCUT2D eigenvalue weighted by molar-refractivity contribution is 0.0936. The number of hydrogen-bond acceptors (Lipinski definition) is 2. The molecule has 0 aliphatic rings. The van der Waals surface area contributed by atoms with Gasteiger partial charge in [0.2, 0.25) is 0 Å². The number of amides is 1. The molecule has 0 fully saturated rings. The molecule has 2 rings (SSSR count). The van der Waals surface area contributed by atoms with Crippen molar-refractivity contribution in [3.63, 3.8) is 0 Å². The normalized spacial score (nSPS) is 12.6. The van der Waals surface area contributed by atoms with Gasteiger partial charge in [0.15, 0.2) is 5.69 Å². The van der Waals surface area contributed by atoms with Gasteiger partial charge in [-0.25, -0.2) is 0 Å². The molecular formula is C13H17N3O. The molecule has 1 heterocycles. The number of hydrogen-bond donors (Lipinski definition) is 2. The Bertz CT molecular complexity index is 545. The second kappa shape index (κ2) is 4.57. The van der Waals surface area contributed by atoms with Crippen molar-refractivity contribution in [2.75, 3.05) is 0 Å². The van der Waals surface area contributed by atoms with Crippen LogP contribution in [0.3, 0.4) is 0 Å². The molecule has 0 aliphatic carbocycles. The summed E-state index contributed by atoms with van der Waals surface area (Å²) in [5.74, 6) is -0.115. The van der Waals surface area contributed by atoms with Crippen LogP contribution in [-0.4, -0.2) is 22.1 Å². The lowest BCUT2D eigenvalue weighted by atomic mass is 10.1. The molecule has 2 N–H and O–H groups in total. The highest BCUT2D eigenvalue weighted by Crippen LogP contribution is 2.17. The number of nitrogens with one attached hydrogen (secondary N) is 2. The van der Waals surface area contributed by atoms with Gasteiger partial charge in [0, 0.05) is 11.4 Å². The standard InChI is InChI=1S/C13H17N3O/c1-4-9(3)14-13(17)12-10-7-8(2)5-6-11(10)15-16-12/h5-7,9H,4H2,1-3H3,(H,14,17)(H,15,16). The van der Waals surface area contributed by atoms with Gasteiger partial charge >= 0.3 is 0 Å². The van der Waals surface area contributed by atoms with Gasteiger partial charge in [-0.2, -0.15) is 5.10 Å². The number of benzene rings is 1. The van der Waals surface area contributed by atoms with Gasteiger partial charge in [-0.15, -0.1) is 0 Å². The summed E-state index contributed by atoms with van der Waals surface area (Å²) in [4.78, 5) is 12.0. The third-order valence-corrected chi connectivity index (χ3v) is 2.92. The summed E-state index contributed by atoms with van der Waals surface area (Å²) in [6.45, 7) is 6.03. The molecule has 0 saturated carbocycles. The minimum atomic E-state index is -0.115. The van der Waals surface area contributed by atoms with Crippen molar-refractivity contribution in [1.82, 2.24) is 15.5 Å². The van der Waals surface area contributed by atoms with E-state index in [1.165, 1.54) is 0 Å². The minimum absolute atomic E-state index is 0.115. The van der Waals surface area contributed by atoms with Crippen molar-refractivity contribution in [2.24, 2.45) is 0 Å². The van der Waals surface area contributed by atoms with Crippen molar-refractivity contribution in [2.45, 2.75) is 33.2 Å². The van der Waals surface area contributed by atoms with Crippen molar-refractivity contribution >= 4 is 16.8 Å². The van der Waals surface area contributed by atoms with Crippen LogP contribution >= 0.6 is 0 Å². The van der Waals surface area contributed by atoms with E-state index in [-0.39, 0.29) is 11.9 Å². The Labute approximate surface area is 100 Å². The van der Waals surface area contributed by atoms with Crippen molar-refractivity contribution < 1.29 is 4.79 Å². The zero-order valence-corrected chi connectivity index (χ0v) is 10.4. The second-order valence-electron chi connectivity index (χ2n) is 4.40. The Hall–Kier alpha value is -1.84. The van der Waals surface area contributed by atoms with Crippen LogP contribution in [0.1, 0.15) is 36.3 Å². The average Bonchev–Trinajstić information content (AvgIpc) is 2.71. The lowest BCUT2D eigenvalue weighted by Gasteiger charge is -2.09. The molecule has 1 aromatic heterocycles. The maximum atomic E-state index is 12.0. The maximum absolute atomic E-state index is 12.0. The van der Waals surface area contributed by atoms with Crippen LogP contribution in [0.25, 0.3) is 10.9 Å². The molecular weight excluding hydrogens is 214 g/mol. The van der Waals surface area contributed by atoms with Gasteiger partial charge in [0.05, 0.1) is 5.52 Å². The number of aromatic amines is 1. The molecule has 0 radical (unpaired) electrons. The predicted molar refractivity (Wildman–Crippen MR) is 68.0 cm³/mol. The number of carbonyl (C=O) groups is 1. The third kappa shape index (κ3) is 2.30. The van der Waals surface area contributed by atoms with E-state index in [0.29, 0.717) is 5.69 Å². The molecule has 0 saturated heterocycles. The fourth-order valence-electron chi connectivity index (χ4n) is 1.70. The van der Waals surface area contributed by atoms with Gasteiger partial charge in [0.1, 0.15) is 0 Å². The van der Waals surface area contributed by atoms with E-state index >= 15 is 0 Å². The summed E-state index contributed by atoms with van der Waals surface area (Å²) < 4.78 is 0. The Kier molecular flexibility index (Phi) is 3.13. The third-order valence-electron chi connectivity index (χ3n) is 2.92. The van der Waals surface area contributed by atoms with Crippen LogP contribution in [0.15, 0.2) is 18.2 Å². The first-order valence-corrected chi connectivity index (χ1v) is 5.87. The summed E-state index contributed by atoms with van der Waals surface area (Å²) in [5.41, 5.74) is 2.49.